The molecule has 0 spiro atoms. The molecule has 0 amide bonds. The van der Waals surface area contributed by atoms with E-state index in [0.29, 0.717) is 27.8 Å². The third-order valence-electron chi connectivity index (χ3n) is 4.26. The lowest BCUT2D eigenvalue weighted by Gasteiger charge is -2.27. The number of aromatic nitrogens is 3. The van der Waals surface area contributed by atoms with Crippen molar-refractivity contribution in [3.05, 3.63) is 74.8 Å². The maximum atomic E-state index is 13.6. The number of amidine groups is 1. The molecule has 2 aromatic heterocycles. The van der Waals surface area contributed by atoms with Gasteiger partial charge >= 0.3 is 0 Å². The Labute approximate surface area is 169 Å². The maximum Gasteiger partial charge on any atom is 0.163 e. The summed E-state index contributed by atoms with van der Waals surface area (Å²) in [5.41, 5.74) is 2.71. The Hall–Kier alpha value is -3.02. The minimum atomic E-state index is -0.550. The standard InChI is InChI=1S/C19H14ClFN6S/c1-27-8-5-15(26-27)16-14(4-6-22)24-18(19-23-7-9-28-19)25-17(16)12-3-2-11(21)10-13(12)20/h2-3,5,7-10,17H,4H2,1H3,(H,24,25). The van der Waals surface area contributed by atoms with Crippen LogP contribution in [0.5, 0.6) is 0 Å². The number of nitrogens with one attached hydrogen (secondary N) is 1. The van der Waals surface area contributed by atoms with Crippen LogP contribution in [-0.4, -0.2) is 20.6 Å². The summed E-state index contributed by atoms with van der Waals surface area (Å²) in [5, 5.41) is 19.9. The zero-order valence-corrected chi connectivity index (χ0v) is 16.3. The SMILES string of the molecule is Cn1ccc(C2=C(CC#N)NC(c3nccs3)=NC2c2ccc(F)cc2Cl)n1. The first-order valence-corrected chi connectivity index (χ1v) is 9.62. The molecule has 140 valence electrons. The van der Waals surface area contributed by atoms with E-state index < -0.39 is 11.9 Å². The van der Waals surface area contributed by atoms with Gasteiger partial charge in [-0.05, 0) is 18.2 Å². The number of halogens is 2. The van der Waals surface area contributed by atoms with E-state index in [0.717, 1.165) is 5.57 Å². The van der Waals surface area contributed by atoms with Crippen molar-refractivity contribution in [1.82, 2.24) is 20.1 Å². The lowest BCUT2D eigenvalue weighted by molar-refractivity contribution is 0.626. The molecule has 3 aromatic rings. The number of rotatable bonds is 4. The number of thiazole rings is 1. The largest absolute Gasteiger partial charge is 0.340 e. The average Bonchev–Trinajstić information content (AvgIpc) is 3.33. The van der Waals surface area contributed by atoms with Crippen molar-refractivity contribution in [2.45, 2.75) is 12.5 Å². The number of aryl methyl sites for hydroxylation is 1. The molecule has 1 unspecified atom stereocenters. The summed E-state index contributed by atoms with van der Waals surface area (Å²) >= 11 is 7.79. The summed E-state index contributed by atoms with van der Waals surface area (Å²) < 4.78 is 15.3. The molecule has 3 heterocycles. The van der Waals surface area contributed by atoms with Crippen LogP contribution in [0.25, 0.3) is 5.57 Å². The minimum Gasteiger partial charge on any atom is -0.340 e. The zero-order valence-electron chi connectivity index (χ0n) is 14.7. The van der Waals surface area contributed by atoms with Crippen molar-refractivity contribution in [2.24, 2.45) is 12.0 Å². The first-order chi connectivity index (χ1) is 13.6. The molecule has 0 aliphatic carbocycles. The quantitative estimate of drug-likeness (QED) is 0.700. The van der Waals surface area contributed by atoms with Gasteiger partial charge in [0.1, 0.15) is 11.9 Å². The van der Waals surface area contributed by atoms with Crippen molar-refractivity contribution < 1.29 is 4.39 Å². The molecule has 1 aliphatic heterocycles. The Balaban J connectivity index is 1.93. The van der Waals surface area contributed by atoms with Crippen LogP contribution < -0.4 is 5.32 Å². The summed E-state index contributed by atoms with van der Waals surface area (Å²) in [6.45, 7) is 0. The molecule has 4 rings (SSSR count). The van der Waals surface area contributed by atoms with Crippen LogP contribution in [0.2, 0.25) is 5.02 Å². The van der Waals surface area contributed by atoms with Crippen molar-refractivity contribution in [1.29, 1.82) is 5.26 Å². The van der Waals surface area contributed by atoms with Crippen LogP contribution in [-0.2, 0) is 7.05 Å². The van der Waals surface area contributed by atoms with Crippen LogP contribution >= 0.6 is 22.9 Å². The van der Waals surface area contributed by atoms with Gasteiger partial charge in [-0.15, -0.1) is 11.3 Å². The number of allylic oxidation sites excluding steroid dienone is 1. The fourth-order valence-electron chi connectivity index (χ4n) is 3.07. The van der Waals surface area contributed by atoms with Crippen molar-refractivity contribution in [3.63, 3.8) is 0 Å². The van der Waals surface area contributed by atoms with Gasteiger partial charge in [0.15, 0.2) is 10.8 Å². The predicted octanol–water partition coefficient (Wildman–Crippen LogP) is 4.09. The maximum absolute atomic E-state index is 13.6. The van der Waals surface area contributed by atoms with Crippen molar-refractivity contribution in [2.75, 3.05) is 0 Å². The number of nitrogens with zero attached hydrogens (tertiary/aromatic N) is 5. The number of hydrogen-bond acceptors (Lipinski definition) is 6. The van der Waals surface area contributed by atoms with E-state index >= 15 is 0 Å². The van der Waals surface area contributed by atoms with Gasteiger partial charge in [0.2, 0.25) is 0 Å². The Morgan fingerprint density at radius 2 is 2.25 bits per heavy atom. The highest BCUT2D eigenvalue weighted by Gasteiger charge is 2.31. The summed E-state index contributed by atoms with van der Waals surface area (Å²) in [5.74, 6) is 0.123. The van der Waals surface area contributed by atoms with Gasteiger partial charge in [-0.25, -0.2) is 9.37 Å². The van der Waals surface area contributed by atoms with Gasteiger partial charge in [0.05, 0.1) is 18.2 Å². The van der Waals surface area contributed by atoms with Crippen molar-refractivity contribution >= 4 is 34.3 Å². The molecule has 1 atom stereocenters. The number of benzene rings is 1. The second-order valence-corrected chi connectivity index (χ2v) is 7.41. The smallest absolute Gasteiger partial charge is 0.163 e. The molecular formula is C19H14ClFN6S. The highest BCUT2D eigenvalue weighted by Crippen LogP contribution is 2.41. The molecule has 28 heavy (non-hydrogen) atoms. The Kier molecular flexibility index (Phi) is 4.94. The van der Waals surface area contributed by atoms with E-state index in [4.69, 9.17) is 16.6 Å². The van der Waals surface area contributed by atoms with Gasteiger partial charge in [-0.2, -0.15) is 10.4 Å². The van der Waals surface area contributed by atoms with E-state index in [1.54, 1.807) is 16.9 Å². The van der Waals surface area contributed by atoms with Crippen LogP contribution in [0, 0.1) is 17.1 Å². The van der Waals surface area contributed by atoms with Gasteiger partial charge in [0.25, 0.3) is 0 Å². The highest BCUT2D eigenvalue weighted by molar-refractivity contribution is 7.11. The second-order valence-electron chi connectivity index (χ2n) is 6.11. The minimum absolute atomic E-state index is 0.131. The topological polar surface area (TPSA) is 78.9 Å². The Bertz CT molecular complexity index is 1130. The van der Waals surface area contributed by atoms with Crippen LogP contribution in [0.15, 0.2) is 52.7 Å². The molecule has 0 radical (unpaired) electrons. The summed E-state index contributed by atoms with van der Waals surface area (Å²) in [7, 11) is 1.81. The average molecular weight is 413 g/mol. The van der Waals surface area contributed by atoms with Gasteiger partial charge in [0, 0.05) is 46.7 Å². The molecule has 0 fully saturated rings. The molecular weight excluding hydrogens is 399 g/mol. The fraction of sp³-hybridized carbons (Fsp3) is 0.158. The molecule has 0 saturated heterocycles. The third kappa shape index (κ3) is 3.42. The number of aliphatic imine (C=N–C) groups is 1. The van der Waals surface area contributed by atoms with Gasteiger partial charge in [-0.1, -0.05) is 17.7 Å². The van der Waals surface area contributed by atoms with E-state index in [1.165, 1.54) is 23.5 Å². The molecule has 0 bridgehead atoms. The van der Waals surface area contributed by atoms with Gasteiger partial charge < -0.3 is 5.32 Å². The lowest BCUT2D eigenvalue weighted by atomic mass is 9.92. The normalized spacial score (nSPS) is 16.5. The van der Waals surface area contributed by atoms with E-state index in [-0.39, 0.29) is 11.4 Å². The second kappa shape index (κ2) is 7.54. The fourth-order valence-corrected chi connectivity index (χ4v) is 3.93. The van der Waals surface area contributed by atoms with E-state index in [1.807, 2.05) is 24.7 Å². The molecule has 1 N–H and O–H groups in total. The van der Waals surface area contributed by atoms with E-state index in [2.05, 4.69) is 21.5 Å². The molecule has 1 aliphatic rings. The summed E-state index contributed by atoms with van der Waals surface area (Å²) in [4.78, 5) is 9.12. The van der Waals surface area contributed by atoms with E-state index in [9.17, 15) is 9.65 Å². The lowest BCUT2D eigenvalue weighted by Crippen LogP contribution is -2.30. The Morgan fingerprint density at radius 1 is 1.39 bits per heavy atom. The van der Waals surface area contributed by atoms with Crippen molar-refractivity contribution in [3.8, 4) is 6.07 Å². The molecule has 0 saturated carbocycles. The predicted molar refractivity (Wildman–Crippen MR) is 106 cm³/mol. The van der Waals surface area contributed by atoms with Crippen LogP contribution in [0.3, 0.4) is 0 Å². The van der Waals surface area contributed by atoms with Crippen LogP contribution in [0.4, 0.5) is 4.39 Å². The third-order valence-corrected chi connectivity index (χ3v) is 5.37. The Morgan fingerprint density at radius 3 is 2.89 bits per heavy atom. The summed E-state index contributed by atoms with van der Waals surface area (Å²) in [6, 6.07) is 7.71. The zero-order chi connectivity index (χ0) is 19.7. The first kappa shape index (κ1) is 18.3. The number of hydrogen-bond donors (Lipinski definition) is 1. The monoisotopic (exact) mass is 412 g/mol. The highest BCUT2D eigenvalue weighted by atomic mass is 35.5. The first-order valence-electron chi connectivity index (χ1n) is 8.36. The summed E-state index contributed by atoms with van der Waals surface area (Å²) in [6.07, 6.45) is 3.63. The molecule has 6 nitrogen and oxygen atoms in total. The number of nitriles is 1. The van der Waals surface area contributed by atoms with Crippen LogP contribution in [0.1, 0.15) is 28.7 Å². The van der Waals surface area contributed by atoms with Gasteiger partial charge in [-0.3, -0.25) is 9.67 Å². The molecule has 9 heteroatoms. The molecule has 1 aromatic carbocycles.